The molecule has 0 aliphatic carbocycles. The van der Waals surface area contributed by atoms with E-state index in [4.69, 9.17) is 4.74 Å². The van der Waals surface area contributed by atoms with Gasteiger partial charge in [0.2, 0.25) is 5.78 Å². The first-order valence-electron chi connectivity index (χ1n) is 6.48. The first-order chi connectivity index (χ1) is 9.29. The van der Waals surface area contributed by atoms with Crippen molar-refractivity contribution in [3.05, 3.63) is 36.0 Å². The van der Waals surface area contributed by atoms with Crippen LogP contribution in [0.1, 0.15) is 23.2 Å². The molecular formula is C15H15NO3. The molecule has 0 saturated carbocycles. The summed E-state index contributed by atoms with van der Waals surface area (Å²) in [6.07, 6.45) is 4.48. The minimum absolute atomic E-state index is 0.204. The lowest BCUT2D eigenvalue weighted by Gasteiger charge is -2.11. The highest BCUT2D eigenvalue weighted by atomic mass is 16.5. The number of hydrogen-bond acceptors (Lipinski definition) is 3. The summed E-state index contributed by atoms with van der Waals surface area (Å²) >= 11 is 0. The quantitative estimate of drug-likeness (QED) is 0.479. The van der Waals surface area contributed by atoms with Crippen molar-refractivity contribution < 1.29 is 14.3 Å². The highest BCUT2D eigenvalue weighted by Crippen LogP contribution is 2.23. The molecule has 0 amide bonds. The topological polar surface area (TPSA) is 48.3 Å². The minimum atomic E-state index is -0.470. The summed E-state index contributed by atoms with van der Waals surface area (Å²) in [6.45, 7) is 1.54. The minimum Gasteiger partial charge on any atom is -0.376 e. The first kappa shape index (κ1) is 12.1. The van der Waals surface area contributed by atoms with Crippen LogP contribution in [0.25, 0.3) is 10.9 Å². The number of aldehydes is 1. The maximum absolute atomic E-state index is 11.7. The van der Waals surface area contributed by atoms with Crippen molar-refractivity contribution in [2.45, 2.75) is 25.5 Å². The van der Waals surface area contributed by atoms with E-state index < -0.39 is 5.78 Å². The molecule has 1 fully saturated rings. The molecule has 1 aliphatic rings. The molecule has 1 aliphatic heterocycles. The van der Waals surface area contributed by atoms with Crippen LogP contribution in [0.15, 0.2) is 30.5 Å². The van der Waals surface area contributed by atoms with Gasteiger partial charge in [0.1, 0.15) is 0 Å². The molecule has 0 spiro atoms. The Labute approximate surface area is 111 Å². The zero-order chi connectivity index (χ0) is 13.2. The summed E-state index contributed by atoms with van der Waals surface area (Å²) in [5.41, 5.74) is 1.45. The maximum atomic E-state index is 11.7. The largest absolute Gasteiger partial charge is 0.376 e. The molecule has 1 saturated heterocycles. The maximum Gasteiger partial charge on any atom is 0.227 e. The van der Waals surface area contributed by atoms with Crippen LogP contribution in [0.2, 0.25) is 0 Å². The van der Waals surface area contributed by atoms with E-state index in [2.05, 4.69) is 0 Å². The fraction of sp³-hybridized carbons (Fsp3) is 0.333. The number of nitrogens with zero attached hydrogens (tertiary/aromatic N) is 1. The number of rotatable bonds is 4. The van der Waals surface area contributed by atoms with E-state index in [0.29, 0.717) is 11.8 Å². The second kappa shape index (κ2) is 4.97. The van der Waals surface area contributed by atoms with Crippen LogP contribution in [-0.2, 0) is 16.1 Å². The van der Waals surface area contributed by atoms with Gasteiger partial charge in [-0.3, -0.25) is 9.59 Å². The summed E-state index contributed by atoms with van der Waals surface area (Å²) in [5, 5.41) is 0.831. The van der Waals surface area contributed by atoms with Gasteiger partial charge in [0.25, 0.3) is 0 Å². The number of para-hydroxylation sites is 1. The zero-order valence-electron chi connectivity index (χ0n) is 10.5. The van der Waals surface area contributed by atoms with E-state index >= 15 is 0 Å². The van der Waals surface area contributed by atoms with Gasteiger partial charge in [-0.15, -0.1) is 0 Å². The lowest BCUT2D eigenvalue weighted by Crippen LogP contribution is -2.14. The third-order valence-electron chi connectivity index (χ3n) is 3.59. The Morgan fingerprint density at radius 2 is 2.26 bits per heavy atom. The van der Waals surface area contributed by atoms with E-state index in [1.165, 1.54) is 0 Å². The van der Waals surface area contributed by atoms with Crippen LogP contribution in [0, 0.1) is 0 Å². The van der Waals surface area contributed by atoms with Gasteiger partial charge in [-0.25, -0.2) is 0 Å². The Balaban J connectivity index is 2.03. The summed E-state index contributed by atoms with van der Waals surface area (Å²) in [7, 11) is 0. The zero-order valence-corrected chi connectivity index (χ0v) is 10.5. The molecule has 19 heavy (non-hydrogen) atoms. The molecule has 2 heterocycles. The number of aromatic nitrogens is 1. The van der Waals surface area contributed by atoms with E-state index in [1.807, 2.05) is 28.8 Å². The smallest absolute Gasteiger partial charge is 0.227 e. The number of fused-ring (bicyclic) bond motifs is 1. The fourth-order valence-electron chi connectivity index (χ4n) is 2.67. The normalized spacial score (nSPS) is 18.8. The molecule has 2 aromatic rings. The van der Waals surface area contributed by atoms with Gasteiger partial charge >= 0.3 is 0 Å². The van der Waals surface area contributed by atoms with Gasteiger partial charge in [-0.05, 0) is 18.9 Å². The van der Waals surface area contributed by atoms with Crippen molar-refractivity contribution in [2.24, 2.45) is 0 Å². The SMILES string of the molecule is O=CC(=O)c1cn(C[C@H]2CCCO2)c2ccccc12. The van der Waals surface area contributed by atoms with Crippen LogP contribution in [0.3, 0.4) is 0 Å². The Bertz CT molecular complexity index is 623. The van der Waals surface area contributed by atoms with Crippen molar-refractivity contribution in [1.82, 2.24) is 4.57 Å². The number of Topliss-reactive ketones (excluding diaryl/α,β-unsaturated/α-hetero) is 1. The molecule has 3 rings (SSSR count). The molecular weight excluding hydrogens is 242 g/mol. The van der Waals surface area contributed by atoms with Crippen LogP contribution < -0.4 is 0 Å². The van der Waals surface area contributed by atoms with Crippen molar-refractivity contribution in [3.63, 3.8) is 0 Å². The highest BCUT2D eigenvalue weighted by molar-refractivity contribution is 6.36. The molecule has 98 valence electrons. The number of carbonyl (C=O) groups excluding carboxylic acids is 2. The van der Waals surface area contributed by atoms with Crippen LogP contribution >= 0.6 is 0 Å². The number of benzene rings is 1. The van der Waals surface area contributed by atoms with E-state index in [9.17, 15) is 9.59 Å². The standard InChI is InChI=1S/C15H15NO3/c17-10-15(18)13-9-16(8-11-4-3-7-19-11)14-6-2-1-5-12(13)14/h1-2,5-6,9-11H,3-4,7-8H2/t11-/m1/s1. The molecule has 1 aromatic heterocycles. The molecule has 1 aromatic carbocycles. The summed E-state index contributed by atoms with van der Waals surface area (Å²) in [5.74, 6) is -0.470. The number of carbonyl (C=O) groups is 2. The van der Waals surface area contributed by atoms with Gasteiger partial charge in [0.15, 0.2) is 6.29 Å². The van der Waals surface area contributed by atoms with E-state index in [0.717, 1.165) is 36.9 Å². The highest BCUT2D eigenvalue weighted by Gasteiger charge is 2.19. The average molecular weight is 257 g/mol. The van der Waals surface area contributed by atoms with Crippen LogP contribution in [-0.4, -0.2) is 29.3 Å². The third kappa shape index (κ3) is 2.19. The molecule has 0 bridgehead atoms. The fourth-order valence-corrected chi connectivity index (χ4v) is 2.67. The lowest BCUT2D eigenvalue weighted by molar-refractivity contribution is -0.104. The molecule has 0 unspecified atom stereocenters. The van der Waals surface area contributed by atoms with E-state index in [-0.39, 0.29) is 6.10 Å². The predicted molar refractivity (Wildman–Crippen MR) is 71.3 cm³/mol. The Morgan fingerprint density at radius 3 is 3.00 bits per heavy atom. The predicted octanol–water partition coefficient (Wildman–Crippen LogP) is 2.20. The average Bonchev–Trinajstić information content (AvgIpc) is 3.07. The Kier molecular flexibility index (Phi) is 3.17. The summed E-state index contributed by atoms with van der Waals surface area (Å²) in [6, 6.07) is 7.65. The van der Waals surface area contributed by atoms with Crippen molar-refractivity contribution >= 4 is 23.0 Å². The molecule has 4 nitrogen and oxygen atoms in total. The van der Waals surface area contributed by atoms with Crippen molar-refractivity contribution in [3.8, 4) is 0 Å². The summed E-state index contributed by atoms with van der Waals surface area (Å²) in [4.78, 5) is 22.4. The molecule has 1 atom stereocenters. The number of ether oxygens (including phenoxy) is 1. The van der Waals surface area contributed by atoms with Gasteiger partial charge in [0, 0.05) is 30.3 Å². The number of ketones is 1. The van der Waals surface area contributed by atoms with Crippen LogP contribution in [0.5, 0.6) is 0 Å². The van der Waals surface area contributed by atoms with Gasteiger partial charge in [-0.2, -0.15) is 0 Å². The first-order valence-corrected chi connectivity index (χ1v) is 6.48. The van der Waals surface area contributed by atoms with Gasteiger partial charge < -0.3 is 9.30 Å². The Hall–Kier alpha value is -1.94. The van der Waals surface area contributed by atoms with Crippen molar-refractivity contribution in [1.29, 1.82) is 0 Å². The van der Waals surface area contributed by atoms with Crippen molar-refractivity contribution in [2.75, 3.05) is 6.61 Å². The third-order valence-corrected chi connectivity index (χ3v) is 3.59. The molecule has 0 N–H and O–H groups in total. The second-order valence-electron chi connectivity index (χ2n) is 4.83. The summed E-state index contributed by atoms with van der Waals surface area (Å²) < 4.78 is 7.64. The Morgan fingerprint density at radius 1 is 1.42 bits per heavy atom. The lowest BCUT2D eigenvalue weighted by atomic mass is 10.1. The van der Waals surface area contributed by atoms with Gasteiger partial charge in [0.05, 0.1) is 11.7 Å². The number of hydrogen-bond donors (Lipinski definition) is 0. The molecule has 4 heteroatoms. The molecule has 0 radical (unpaired) electrons. The second-order valence-corrected chi connectivity index (χ2v) is 4.83. The monoisotopic (exact) mass is 257 g/mol. The van der Waals surface area contributed by atoms with Gasteiger partial charge in [-0.1, -0.05) is 18.2 Å². The van der Waals surface area contributed by atoms with E-state index in [1.54, 1.807) is 6.20 Å². The van der Waals surface area contributed by atoms with Crippen LogP contribution in [0.4, 0.5) is 0 Å².